The molecule has 1 aromatic carbocycles. The Bertz CT molecular complexity index is 585. The van der Waals surface area contributed by atoms with E-state index in [0.717, 1.165) is 24.9 Å². The molecule has 0 saturated heterocycles. The molecule has 0 saturated carbocycles. The number of aromatic nitrogens is 2. The maximum atomic E-state index is 13.7. The van der Waals surface area contributed by atoms with Gasteiger partial charge >= 0.3 is 0 Å². The first-order valence-corrected chi connectivity index (χ1v) is 6.59. The molecule has 0 radical (unpaired) electrons. The molecule has 20 heavy (non-hydrogen) atoms. The number of rotatable bonds is 4. The highest BCUT2D eigenvalue weighted by atomic mass is 19.1. The third-order valence-electron chi connectivity index (χ3n) is 2.87. The van der Waals surface area contributed by atoms with Crippen LogP contribution in [-0.4, -0.2) is 22.1 Å². The Morgan fingerprint density at radius 3 is 2.65 bits per heavy atom. The van der Waals surface area contributed by atoms with Crippen molar-refractivity contribution in [2.75, 3.05) is 6.54 Å². The number of benzene rings is 1. The Kier molecular flexibility index (Phi) is 4.18. The van der Waals surface area contributed by atoms with Crippen molar-refractivity contribution in [3.63, 3.8) is 0 Å². The van der Waals surface area contributed by atoms with Crippen LogP contribution < -0.4 is 5.32 Å². The lowest BCUT2D eigenvalue weighted by molar-refractivity contribution is 0.427. The molecule has 0 aliphatic carbocycles. The molecule has 1 heterocycles. The number of aromatic amines is 1. The fourth-order valence-corrected chi connectivity index (χ4v) is 1.89. The highest BCUT2D eigenvalue weighted by molar-refractivity contribution is 5.59. The maximum Gasteiger partial charge on any atom is 0.135 e. The van der Waals surface area contributed by atoms with Crippen LogP contribution in [-0.2, 0) is 6.42 Å². The van der Waals surface area contributed by atoms with Crippen molar-refractivity contribution in [2.24, 2.45) is 0 Å². The number of hydrogen-bond acceptors (Lipinski definition) is 2. The third-order valence-corrected chi connectivity index (χ3v) is 2.87. The average molecular weight is 279 g/mol. The van der Waals surface area contributed by atoms with E-state index in [4.69, 9.17) is 0 Å². The summed E-state index contributed by atoms with van der Waals surface area (Å²) in [5.41, 5.74) is 0.945. The molecule has 0 fully saturated rings. The standard InChI is InChI=1S/C15H19F2N3/c1-15(2,3)19-7-6-14-18-9-13(20-14)11-5-4-10(16)8-12(11)17/h4-5,8-9,19H,6-7H2,1-3H3,(H,18,20). The van der Waals surface area contributed by atoms with Crippen molar-refractivity contribution in [3.05, 3.63) is 41.9 Å². The first-order chi connectivity index (χ1) is 9.35. The molecular formula is C15H19F2N3. The number of halogens is 2. The zero-order valence-electron chi connectivity index (χ0n) is 11.9. The van der Waals surface area contributed by atoms with Gasteiger partial charge in [0.1, 0.15) is 17.5 Å². The first kappa shape index (κ1) is 14.7. The van der Waals surface area contributed by atoms with Gasteiger partial charge in [0.15, 0.2) is 0 Å². The lowest BCUT2D eigenvalue weighted by atomic mass is 10.1. The van der Waals surface area contributed by atoms with Crippen LogP contribution in [0.15, 0.2) is 24.4 Å². The molecule has 108 valence electrons. The van der Waals surface area contributed by atoms with Crippen LogP contribution in [0, 0.1) is 11.6 Å². The summed E-state index contributed by atoms with van der Waals surface area (Å²) in [6, 6.07) is 3.52. The van der Waals surface area contributed by atoms with E-state index >= 15 is 0 Å². The molecule has 2 aromatic rings. The first-order valence-electron chi connectivity index (χ1n) is 6.59. The smallest absolute Gasteiger partial charge is 0.135 e. The Morgan fingerprint density at radius 1 is 1.25 bits per heavy atom. The molecule has 3 nitrogen and oxygen atoms in total. The molecule has 0 atom stereocenters. The number of nitrogens with one attached hydrogen (secondary N) is 2. The third kappa shape index (κ3) is 3.87. The summed E-state index contributed by atoms with van der Waals surface area (Å²) in [4.78, 5) is 7.28. The molecule has 2 N–H and O–H groups in total. The van der Waals surface area contributed by atoms with Gasteiger partial charge in [-0.25, -0.2) is 13.8 Å². The van der Waals surface area contributed by atoms with E-state index in [-0.39, 0.29) is 5.54 Å². The summed E-state index contributed by atoms with van der Waals surface area (Å²) >= 11 is 0. The van der Waals surface area contributed by atoms with Gasteiger partial charge in [0.25, 0.3) is 0 Å². The number of H-pyrrole nitrogens is 1. The normalized spacial score (nSPS) is 11.8. The predicted molar refractivity (Wildman–Crippen MR) is 75.4 cm³/mol. The zero-order valence-corrected chi connectivity index (χ0v) is 11.9. The van der Waals surface area contributed by atoms with Gasteiger partial charge in [-0.15, -0.1) is 0 Å². The number of hydrogen-bond donors (Lipinski definition) is 2. The maximum absolute atomic E-state index is 13.7. The lowest BCUT2D eigenvalue weighted by Gasteiger charge is -2.19. The van der Waals surface area contributed by atoms with Gasteiger partial charge in [0.05, 0.1) is 11.9 Å². The monoisotopic (exact) mass is 279 g/mol. The topological polar surface area (TPSA) is 40.7 Å². The van der Waals surface area contributed by atoms with E-state index in [1.54, 1.807) is 6.20 Å². The molecule has 5 heteroatoms. The molecule has 0 bridgehead atoms. The Morgan fingerprint density at radius 2 is 2.00 bits per heavy atom. The van der Waals surface area contributed by atoms with E-state index < -0.39 is 11.6 Å². The largest absolute Gasteiger partial charge is 0.342 e. The highest BCUT2D eigenvalue weighted by Gasteiger charge is 2.11. The number of imidazole rings is 1. The molecule has 0 spiro atoms. The second kappa shape index (κ2) is 5.71. The van der Waals surface area contributed by atoms with Gasteiger partial charge in [-0.3, -0.25) is 0 Å². The van der Waals surface area contributed by atoms with Crippen molar-refractivity contribution in [1.82, 2.24) is 15.3 Å². The van der Waals surface area contributed by atoms with Gasteiger partial charge in [-0.05, 0) is 32.9 Å². The summed E-state index contributed by atoms with van der Waals surface area (Å²) in [7, 11) is 0. The number of nitrogens with zero attached hydrogens (tertiary/aromatic N) is 1. The minimum atomic E-state index is -0.590. The van der Waals surface area contributed by atoms with E-state index in [1.165, 1.54) is 12.1 Å². The molecule has 1 aromatic heterocycles. The van der Waals surface area contributed by atoms with Crippen LogP contribution >= 0.6 is 0 Å². The zero-order chi connectivity index (χ0) is 14.8. The minimum absolute atomic E-state index is 0.0541. The van der Waals surface area contributed by atoms with Gasteiger partial charge in [-0.2, -0.15) is 0 Å². The van der Waals surface area contributed by atoms with Gasteiger partial charge in [0.2, 0.25) is 0 Å². The van der Waals surface area contributed by atoms with E-state index in [2.05, 4.69) is 36.1 Å². The summed E-state index contributed by atoms with van der Waals surface area (Å²) in [6.45, 7) is 7.06. The highest BCUT2D eigenvalue weighted by Crippen LogP contribution is 2.21. The molecule has 0 unspecified atom stereocenters. The van der Waals surface area contributed by atoms with E-state index in [1.807, 2.05) is 0 Å². The SMILES string of the molecule is CC(C)(C)NCCc1ncc(-c2ccc(F)cc2F)[nH]1. The average Bonchev–Trinajstić information content (AvgIpc) is 2.75. The summed E-state index contributed by atoms with van der Waals surface area (Å²) in [5, 5.41) is 3.35. The summed E-state index contributed by atoms with van der Waals surface area (Å²) in [6.07, 6.45) is 2.29. The molecule has 0 aliphatic rings. The van der Waals surface area contributed by atoms with Crippen molar-refractivity contribution in [3.8, 4) is 11.3 Å². The quantitative estimate of drug-likeness (QED) is 0.901. The Balaban J connectivity index is 2.05. The molecule has 0 amide bonds. The van der Waals surface area contributed by atoms with Gasteiger partial charge < -0.3 is 10.3 Å². The van der Waals surface area contributed by atoms with Crippen LogP contribution in [0.1, 0.15) is 26.6 Å². The van der Waals surface area contributed by atoms with Crippen molar-refractivity contribution < 1.29 is 8.78 Å². The van der Waals surface area contributed by atoms with E-state index in [9.17, 15) is 8.78 Å². The lowest BCUT2D eigenvalue weighted by Crippen LogP contribution is -2.37. The van der Waals surface area contributed by atoms with Crippen LogP contribution in [0.25, 0.3) is 11.3 Å². The van der Waals surface area contributed by atoms with Crippen LogP contribution in [0.4, 0.5) is 8.78 Å². The van der Waals surface area contributed by atoms with Crippen molar-refractivity contribution in [1.29, 1.82) is 0 Å². The minimum Gasteiger partial charge on any atom is -0.342 e. The van der Waals surface area contributed by atoms with Crippen molar-refractivity contribution in [2.45, 2.75) is 32.7 Å². The van der Waals surface area contributed by atoms with E-state index in [0.29, 0.717) is 11.3 Å². The Hall–Kier alpha value is -1.75. The second-order valence-corrected chi connectivity index (χ2v) is 5.79. The summed E-state index contributed by atoms with van der Waals surface area (Å²) < 4.78 is 26.5. The predicted octanol–water partition coefficient (Wildman–Crippen LogP) is 3.29. The Labute approximate surface area is 117 Å². The van der Waals surface area contributed by atoms with Gasteiger partial charge in [-0.1, -0.05) is 0 Å². The fourth-order valence-electron chi connectivity index (χ4n) is 1.89. The van der Waals surface area contributed by atoms with Crippen molar-refractivity contribution >= 4 is 0 Å². The fraction of sp³-hybridized carbons (Fsp3) is 0.400. The molecular weight excluding hydrogens is 260 g/mol. The van der Waals surface area contributed by atoms with Crippen LogP contribution in [0.3, 0.4) is 0 Å². The van der Waals surface area contributed by atoms with Crippen LogP contribution in [0.5, 0.6) is 0 Å². The summed E-state index contributed by atoms with van der Waals surface area (Å²) in [5.74, 6) is -0.395. The second-order valence-electron chi connectivity index (χ2n) is 5.79. The molecule has 0 aliphatic heterocycles. The molecule has 2 rings (SSSR count). The van der Waals surface area contributed by atoms with Crippen LogP contribution in [0.2, 0.25) is 0 Å². The van der Waals surface area contributed by atoms with Gasteiger partial charge in [0, 0.05) is 30.1 Å².